The van der Waals surface area contributed by atoms with Gasteiger partial charge in [0, 0.05) is 3.57 Å². The molecule has 0 bridgehead atoms. The second-order valence-electron chi connectivity index (χ2n) is 2.03. The number of benzene rings is 1. The summed E-state index contributed by atoms with van der Waals surface area (Å²) in [4.78, 5) is 10.5. The highest BCUT2D eigenvalue weighted by Crippen LogP contribution is 2.25. The maximum Gasteiger partial charge on any atom is 0.336 e. The van der Waals surface area contributed by atoms with E-state index in [-0.39, 0.29) is 10.0 Å². The van der Waals surface area contributed by atoms with E-state index in [2.05, 4.69) is 15.9 Å². The van der Waals surface area contributed by atoms with Gasteiger partial charge in [-0.1, -0.05) is 0 Å². The monoisotopic (exact) mass is 344 g/mol. The zero-order valence-corrected chi connectivity index (χ0v) is 9.39. The van der Waals surface area contributed by atoms with Crippen molar-refractivity contribution in [2.24, 2.45) is 0 Å². The molecule has 0 saturated heterocycles. The summed E-state index contributed by atoms with van der Waals surface area (Å²) in [7, 11) is 0. The lowest BCUT2D eigenvalue weighted by Gasteiger charge is -2.01. The van der Waals surface area contributed by atoms with Gasteiger partial charge in [-0.2, -0.15) is 0 Å². The standard InChI is InChI=1S/C7H3BrFIO2/c8-5-4(9)2-1-3(6(5)10)7(11)12/h1-2H,(H,11,12). The molecule has 64 valence electrons. The molecule has 0 aliphatic carbocycles. The van der Waals surface area contributed by atoms with Crippen LogP contribution < -0.4 is 0 Å². The van der Waals surface area contributed by atoms with Crippen molar-refractivity contribution in [2.45, 2.75) is 0 Å². The molecule has 0 amide bonds. The molecule has 1 aromatic carbocycles. The highest BCUT2D eigenvalue weighted by atomic mass is 127. The van der Waals surface area contributed by atoms with Crippen molar-refractivity contribution in [3.63, 3.8) is 0 Å². The Hall–Kier alpha value is -0.170. The molecule has 0 aromatic heterocycles. The van der Waals surface area contributed by atoms with Crippen LogP contribution in [0.3, 0.4) is 0 Å². The molecule has 1 N–H and O–H groups in total. The van der Waals surface area contributed by atoms with Crippen LogP contribution in [0.2, 0.25) is 0 Å². The molecular formula is C7H3BrFIO2. The molecule has 0 fully saturated rings. The predicted molar refractivity (Wildman–Crippen MR) is 53.8 cm³/mol. The van der Waals surface area contributed by atoms with Crippen molar-refractivity contribution in [1.82, 2.24) is 0 Å². The lowest BCUT2D eigenvalue weighted by molar-refractivity contribution is 0.0695. The molecule has 5 heteroatoms. The lowest BCUT2D eigenvalue weighted by Crippen LogP contribution is -2.00. The highest BCUT2D eigenvalue weighted by Gasteiger charge is 2.13. The fourth-order valence-electron chi connectivity index (χ4n) is 0.691. The maximum atomic E-state index is 12.8. The SMILES string of the molecule is O=C(O)c1ccc(F)c(Br)c1I. The zero-order chi connectivity index (χ0) is 9.30. The van der Waals surface area contributed by atoms with Gasteiger partial charge >= 0.3 is 5.97 Å². The van der Waals surface area contributed by atoms with Gasteiger partial charge in [0.05, 0.1) is 10.0 Å². The molecule has 0 saturated carbocycles. The molecule has 0 unspecified atom stereocenters. The van der Waals surface area contributed by atoms with Crippen LogP contribution in [-0.4, -0.2) is 11.1 Å². The van der Waals surface area contributed by atoms with Gasteiger partial charge in [-0.25, -0.2) is 9.18 Å². The summed E-state index contributed by atoms with van der Waals surface area (Å²) < 4.78 is 13.4. The molecule has 1 aromatic rings. The van der Waals surface area contributed by atoms with Crippen molar-refractivity contribution in [3.8, 4) is 0 Å². The minimum absolute atomic E-state index is 0.101. The van der Waals surface area contributed by atoms with E-state index in [1.165, 1.54) is 6.07 Å². The Bertz CT molecular complexity index is 340. The molecule has 12 heavy (non-hydrogen) atoms. The molecule has 0 aliphatic heterocycles. The Morgan fingerprint density at radius 3 is 2.67 bits per heavy atom. The highest BCUT2D eigenvalue weighted by molar-refractivity contribution is 14.1. The summed E-state index contributed by atoms with van der Waals surface area (Å²) in [5.41, 5.74) is 0.101. The summed E-state index contributed by atoms with van der Waals surface area (Å²) in [5.74, 6) is -1.51. The number of hydrogen-bond donors (Lipinski definition) is 1. The molecule has 0 heterocycles. The zero-order valence-electron chi connectivity index (χ0n) is 5.64. The average molecular weight is 345 g/mol. The maximum absolute atomic E-state index is 12.8. The average Bonchev–Trinajstić information content (AvgIpc) is 2.00. The molecular weight excluding hydrogens is 342 g/mol. The van der Waals surface area contributed by atoms with Gasteiger partial charge in [0.1, 0.15) is 5.82 Å². The first-order chi connectivity index (χ1) is 5.54. The largest absolute Gasteiger partial charge is 0.478 e. The van der Waals surface area contributed by atoms with Crippen LogP contribution in [0.25, 0.3) is 0 Å². The third-order valence-electron chi connectivity index (χ3n) is 1.27. The second kappa shape index (κ2) is 3.69. The third-order valence-corrected chi connectivity index (χ3v) is 3.90. The van der Waals surface area contributed by atoms with Crippen molar-refractivity contribution in [2.75, 3.05) is 0 Å². The van der Waals surface area contributed by atoms with E-state index >= 15 is 0 Å². The van der Waals surface area contributed by atoms with E-state index in [1.54, 1.807) is 22.6 Å². The van der Waals surface area contributed by atoms with Gasteiger partial charge in [0.2, 0.25) is 0 Å². The number of carboxylic acid groups (broad SMARTS) is 1. The molecule has 0 radical (unpaired) electrons. The summed E-state index contributed by atoms with van der Waals surface area (Å²) in [6.07, 6.45) is 0. The smallest absolute Gasteiger partial charge is 0.336 e. The molecule has 2 nitrogen and oxygen atoms in total. The van der Waals surface area contributed by atoms with E-state index in [0.29, 0.717) is 3.57 Å². The summed E-state index contributed by atoms with van der Waals surface area (Å²) in [6, 6.07) is 2.36. The van der Waals surface area contributed by atoms with Gasteiger partial charge < -0.3 is 5.11 Å². The fourth-order valence-corrected chi connectivity index (χ4v) is 1.70. The topological polar surface area (TPSA) is 37.3 Å². The number of aromatic carboxylic acids is 1. The van der Waals surface area contributed by atoms with E-state index in [0.717, 1.165) is 6.07 Å². The minimum Gasteiger partial charge on any atom is -0.478 e. The normalized spacial score (nSPS) is 9.92. The molecule has 0 aliphatic rings. The minimum atomic E-state index is -1.06. The van der Waals surface area contributed by atoms with Gasteiger partial charge in [-0.3, -0.25) is 0 Å². The van der Waals surface area contributed by atoms with Crippen LogP contribution in [0.5, 0.6) is 0 Å². The molecule has 1 rings (SSSR count). The number of halogens is 3. The Morgan fingerprint density at radius 2 is 2.17 bits per heavy atom. The summed E-state index contributed by atoms with van der Waals surface area (Å²) in [6.45, 7) is 0. The van der Waals surface area contributed by atoms with Gasteiger partial charge in [-0.05, 0) is 50.7 Å². The van der Waals surface area contributed by atoms with Crippen LogP contribution in [0.15, 0.2) is 16.6 Å². The van der Waals surface area contributed by atoms with E-state index in [9.17, 15) is 9.18 Å². The van der Waals surface area contributed by atoms with Crippen molar-refractivity contribution < 1.29 is 14.3 Å². The van der Waals surface area contributed by atoms with E-state index in [4.69, 9.17) is 5.11 Å². The van der Waals surface area contributed by atoms with E-state index < -0.39 is 11.8 Å². The van der Waals surface area contributed by atoms with Crippen LogP contribution >= 0.6 is 38.5 Å². The Morgan fingerprint density at radius 1 is 1.58 bits per heavy atom. The van der Waals surface area contributed by atoms with Crippen molar-refractivity contribution in [1.29, 1.82) is 0 Å². The summed E-state index contributed by atoms with van der Waals surface area (Å²) in [5, 5.41) is 8.63. The van der Waals surface area contributed by atoms with Gasteiger partial charge in [-0.15, -0.1) is 0 Å². The van der Waals surface area contributed by atoms with E-state index in [1.807, 2.05) is 0 Å². The third kappa shape index (κ3) is 1.77. The number of hydrogen-bond acceptors (Lipinski definition) is 1. The van der Waals surface area contributed by atoms with Crippen molar-refractivity contribution >= 4 is 44.5 Å². The summed E-state index contributed by atoms with van der Waals surface area (Å²) >= 11 is 4.73. The van der Waals surface area contributed by atoms with Crippen molar-refractivity contribution in [3.05, 3.63) is 31.6 Å². The number of rotatable bonds is 1. The lowest BCUT2D eigenvalue weighted by atomic mass is 10.2. The first-order valence-electron chi connectivity index (χ1n) is 2.91. The predicted octanol–water partition coefficient (Wildman–Crippen LogP) is 2.89. The van der Waals surface area contributed by atoms with Crippen LogP contribution in [0.1, 0.15) is 10.4 Å². The first kappa shape index (κ1) is 9.91. The second-order valence-corrected chi connectivity index (χ2v) is 3.90. The first-order valence-corrected chi connectivity index (χ1v) is 4.78. The fraction of sp³-hybridized carbons (Fsp3) is 0. The molecule has 0 spiro atoms. The Kier molecular flexibility index (Phi) is 3.05. The Balaban J connectivity index is 3.36. The molecule has 0 atom stereocenters. The van der Waals surface area contributed by atoms with Crippen LogP contribution in [-0.2, 0) is 0 Å². The quantitative estimate of drug-likeness (QED) is 0.628. The number of carbonyl (C=O) groups is 1. The van der Waals surface area contributed by atoms with Gasteiger partial charge in [0.15, 0.2) is 0 Å². The van der Waals surface area contributed by atoms with Crippen LogP contribution in [0.4, 0.5) is 4.39 Å². The van der Waals surface area contributed by atoms with Crippen LogP contribution in [0, 0.1) is 9.39 Å². The van der Waals surface area contributed by atoms with Gasteiger partial charge in [0.25, 0.3) is 0 Å². The number of carboxylic acids is 1. The Labute approximate surface area is 90.0 Å².